The number of hydrogen-bond acceptors (Lipinski definition) is 5. The van der Waals surface area contributed by atoms with Crippen LogP contribution in [0.25, 0.3) is 0 Å². The number of sulfonamides is 2. The summed E-state index contributed by atoms with van der Waals surface area (Å²) >= 11 is 0. The van der Waals surface area contributed by atoms with Gasteiger partial charge in [-0.1, -0.05) is 25.7 Å². The van der Waals surface area contributed by atoms with Gasteiger partial charge in [0.15, 0.2) is 5.03 Å². The van der Waals surface area contributed by atoms with Crippen molar-refractivity contribution in [3.63, 3.8) is 0 Å². The van der Waals surface area contributed by atoms with E-state index >= 15 is 0 Å². The summed E-state index contributed by atoms with van der Waals surface area (Å²) in [5.41, 5.74) is -0.0247. The number of pyridine rings is 1. The molecule has 0 unspecified atom stereocenters. The van der Waals surface area contributed by atoms with Gasteiger partial charge < -0.3 is 0 Å². The van der Waals surface area contributed by atoms with Gasteiger partial charge in [0, 0.05) is 6.20 Å². The van der Waals surface area contributed by atoms with Crippen LogP contribution in [0.15, 0.2) is 23.4 Å². The van der Waals surface area contributed by atoms with Crippen LogP contribution in [0.1, 0.15) is 32.1 Å². The SMILES string of the molecule is CNS(=O)(=O)c1ncccc1NS(=O)(=O)CCC1CCCC1. The van der Waals surface area contributed by atoms with Crippen LogP contribution in [0.5, 0.6) is 0 Å². The number of rotatable bonds is 7. The maximum atomic E-state index is 12.2. The monoisotopic (exact) mass is 347 g/mol. The predicted octanol–water partition coefficient (Wildman–Crippen LogP) is 1.31. The summed E-state index contributed by atoms with van der Waals surface area (Å²) in [6.07, 6.45) is 6.37. The molecule has 0 aliphatic heterocycles. The molecule has 0 amide bonds. The van der Waals surface area contributed by atoms with Crippen LogP contribution in [0.3, 0.4) is 0 Å². The molecule has 124 valence electrons. The minimum Gasteiger partial charge on any atom is -0.281 e. The van der Waals surface area contributed by atoms with E-state index in [-0.39, 0.29) is 16.5 Å². The number of nitrogens with one attached hydrogen (secondary N) is 2. The molecule has 1 fully saturated rings. The van der Waals surface area contributed by atoms with Crippen molar-refractivity contribution in [2.45, 2.75) is 37.1 Å². The summed E-state index contributed by atoms with van der Waals surface area (Å²) in [5.74, 6) is 0.442. The highest BCUT2D eigenvalue weighted by molar-refractivity contribution is 7.93. The van der Waals surface area contributed by atoms with Gasteiger partial charge in [0.25, 0.3) is 10.0 Å². The molecule has 0 radical (unpaired) electrons. The fourth-order valence-corrected chi connectivity index (χ4v) is 4.73. The van der Waals surface area contributed by atoms with Crippen LogP contribution < -0.4 is 9.44 Å². The van der Waals surface area contributed by atoms with Crippen LogP contribution in [0, 0.1) is 5.92 Å². The molecule has 2 rings (SSSR count). The maximum absolute atomic E-state index is 12.2. The van der Waals surface area contributed by atoms with Crippen molar-refractivity contribution in [3.05, 3.63) is 18.3 Å². The Labute approximate surface area is 131 Å². The minimum absolute atomic E-state index is 0.00833. The van der Waals surface area contributed by atoms with Crippen molar-refractivity contribution in [2.75, 3.05) is 17.5 Å². The Morgan fingerprint density at radius 3 is 2.55 bits per heavy atom. The predicted molar refractivity (Wildman–Crippen MR) is 84.5 cm³/mol. The van der Waals surface area contributed by atoms with E-state index in [2.05, 4.69) is 14.4 Å². The molecule has 0 aromatic carbocycles. The Kier molecular flexibility index (Phi) is 5.41. The van der Waals surface area contributed by atoms with E-state index in [1.54, 1.807) is 0 Å². The second-order valence-electron chi connectivity index (χ2n) is 5.42. The molecule has 22 heavy (non-hydrogen) atoms. The topological polar surface area (TPSA) is 105 Å². The Hall–Kier alpha value is -1.19. The molecule has 1 aromatic heterocycles. The van der Waals surface area contributed by atoms with Gasteiger partial charge >= 0.3 is 0 Å². The fraction of sp³-hybridized carbons (Fsp3) is 0.615. The van der Waals surface area contributed by atoms with Crippen molar-refractivity contribution in [3.8, 4) is 0 Å². The van der Waals surface area contributed by atoms with Crippen LogP contribution in [-0.2, 0) is 20.0 Å². The molecule has 9 heteroatoms. The Morgan fingerprint density at radius 1 is 1.23 bits per heavy atom. The van der Waals surface area contributed by atoms with Gasteiger partial charge in [-0.3, -0.25) is 4.72 Å². The standard InChI is InChI=1S/C13H21N3O4S2/c1-14-22(19,20)13-12(7-4-9-15-13)16-21(17,18)10-8-11-5-2-3-6-11/h4,7,9,11,14,16H,2-3,5-6,8,10H2,1H3. The average Bonchev–Trinajstić information content (AvgIpc) is 2.99. The normalized spacial score (nSPS) is 16.8. The smallest absolute Gasteiger partial charge is 0.259 e. The average molecular weight is 347 g/mol. The minimum atomic E-state index is -3.82. The molecular formula is C13H21N3O4S2. The fourth-order valence-electron chi connectivity index (χ4n) is 2.62. The molecule has 1 aromatic rings. The molecule has 7 nitrogen and oxygen atoms in total. The lowest BCUT2D eigenvalue weighted by atomic mass is 10.1. The van der Waals surface area contributed by atoms with Gasteiger partial charge in [-0.2, -0.15) is 0 Å². The van der Waals surface area contributed by atoms with Crippen molar-refractivity contribution in [2.24, 2.45) is 5.92 Å². The Balaban J connectivity index is 2.12. The highest BCUT2D eigenvalue weighted by atomic mass is 32.2. The van der Waals surface area contributed by atoms with Gasteiger partial charge in [-0.05, 0) is 31.5 Å². The summed E-state index contributed by atoms with van der Waals surface area (Å²) < 4.78 is 52.5. The first-order chi connectivity index (χ1) is 10.3. The van der Waals surface area contributed by atoms with E-state index in [1.807, 2.05) is 0 Å². The van der Waals surface area contributed by atoms with E-state index in [0.717, 1.165) is 25.7 Å². The third-order valence-electron chi connectivity index (χ3n) is 3.83. The Bertz CT molecular complexity index is 711. The van der Waals surface area contributed by atoms with Crippen molar-refractivity contribution in [1.82, 2.24) is 9.71 Å². The molecular weight excluding hydrogens is 326 g/mol. The van der Waals surface area contributed by atoms with E-state index in [9.17, 15) is 16.8 Å². The largest absolute Gasteiger partial charge is 0.281 e. The van der Waals surface area contributed by atoms with Gasteiger partial charge in [-0.25, -0.2) is 26.5 Å². The van der Waals surface area contributed by atoms with Crippen molar-refractivity contribution < 1.29 is 16.8 Å². The molecule has 1 aliphatic rings. The highest BCUT2D eigenvalue weighted by Gasteiger charge is 2.23. The lowest BCUT2D eigenvalue weighted by molar-refractivity contribution is 0.522. The zero-order chi connectivity index (χ0) is 16.2. The van der Waals surface area contributed by atoms with Gasteiger partial charge in [0.1, 0.15) is 0 Å². The molecule has 1 saturated carbocycles. The van der Waals surface area contributed by atoms with E-state index in [1.165, 1.54) is 25.4 Å². The Morgan fingerprint density at radius 2 is 1.91 bits per heavy atom. The first-order valence-electron chi connectivity index (χ1n) is 7.23. The molecule has 1 heterocycles. The quantitative estimate of drug-likeness (QED) is 0.774. The van der Waals surface area contributed by atoms with Gasteiger partial charge in [-0.15, -0.1) is 0 Å². The first-order valence-corrected chi connectivity index (χ1v) is 10.4. The molecule has 0 spiro atoms. The van der Waals surface area contributed by atoms with Gasteiger partial charge in [0.2, 0.25) is 10.0 Å². The van der Waals surface area contributed by atoms with E-state index in [4.69, 9.17) is 0 Å². The summed E-state index contributed by atoms with van der Waals surface area (Å²) in [5, 5.41) is -0.318. The highest BCUT2D eigenvalue weighted by Crippen LogP contribution is 2.28. The van der Waals surface area contributed by atoms with Crippen molar-refractivity contribution >= 4 is 25.7 Å². The summed E-state index contributed by atoms with van der Waals surface area (Å²) in [7, 11) is -6.16. The lowest BCUT2D eigenvalue weighted by Crippen LogP contribution is -2.24. The molecule has 2 N–H and O–H groups in total. The zero-order valence-corrected chi connectivity index (χ0v) is 14.1. The number of nitrogens with zero attached hydrogens (tertiary/aromatic N) is 1. The zero-order valence-electron chi connectivity index (χ0n) is 12.4. The van der Waals surface area contributed by atoms with Crippen LogP contribution >= 0.6 is 0 Å². The second-order valence-corrected chi connectivity index (χ2v) is 9.07. The van der Waals surface area contributed by atoms with E-state index in [0.29, 0.717) is 12.3 Å². The van der Waals surface area contributed by atoms with Crippen LogP contribution in [-0.4, -0.2) is 34.6 Å². The summed E-state index contributed by atoms with van der Waals surface area (Å²) in [6, 6.07) is 2.88. The number of hydrogen-bond donors (Lipinski definition) is 2. The third-order valence-corrected chi connectivity index (χ3v) is 6.51. The van der Waals surface area contributed by atoms with Crippen LogP contribution in [0.4, 0.5) is 5.69 Å². The van der Waals surface area contributed by atoms with Gasteiger partial charge in [0.05, 0.1) is 11.4 Å². The van der Waals surface area contributed by atoms with E-state index < -0.39 is 20.0 Å². The summed E-state index contributed by atoms with van der Waals surface area (Å²) in [4.78, 5) is 3.77. The van der Waals surface area contributed by atoms with Crippen molar-refractivity contribution in [1.29, 1.82) is 0 Å². The summed E-state index contributed by atoms with van der Waals surface area (Å²) in [6.45, 7) is 0. The number of aromatic nitrogens is 1. The lowest BCUT2D eigenvalue weighted by Gasteiger charge is -2.13. The third kappa shape index (κ3) is 4.40. The molecule has 0 bridgehead atoms. The van der Waals surface area contributed by atoms with Crippen LogP contribution in [0.2, 0.25) is 0 Å². The number of anilines is 1. The molecule has 0 saturated heterocycles. The second kappa shape index (κ2) is 6.93. The first kappa shape index (κ1) is 17.2. The molecule has 0 atom stereocenters. The molecule has 1 aliphatic carbocycles. The maximum Gasteiger partial charge on any atom is 0.259 e.